The van der Waals surface area contributed by atoms with Gasteiger partial charge in [-0.15, -0.1) is 0 Å². The van der Waals surface area contributed by atoms with Crippen molar-refractivity contribution in [2.45, 2.75) is 45.1 Å². The lowest BCUT2D eigenvalue weighted by Gasteiger charge is -2.44. The zero-order valence-corrected chi connectivity index (χ0v) is 14.1. The van der Waals surface area contributed by atoms with Gasteiger partial charge in [0, 0.05) is 30.7 Å². The first kappa shape index (κ1) is 15.6. The third-order valence-electron chi connectivity index (χ3n) is 5.16. The van der Waals surface area contributed by atoms with Crippen molar-refractivity contribution in [3.05, 3.63) is 23.5 Å². The Bertz CT molecular complexity index is 778. The normalized spacial score (nSPS) is 20.9. The predicted octanol–water partition coefficient (Wildman–Crippen LogP) is 3.10. The zero-order chi connectivity index (χ0) is 16.9. The van der Waals surface area contributed by atoms with Crippen molar-refractivity contribution in [2.24, 2.45) is 7.05 Å². The molecule has 23 heavy (non-hydrogen) atoms. The minimum atomic E-state index is -0.839. The first-order chi connectivity index (χ1) is 10.7. The average molecular weight is 316 g/mol. The minimum absolute atomic E-state index is 0.312. The quantitative estimate of drug-likeness (QED) is 0.846. The molecule has 1 unspecified atom stereocenters. The summed E-state index contributed by atoms with van der Waals surface area (Å²) in [6.45, 7) is 6.58. The first-order valence-electron chi connectivity index (χ1n) is 7.93. The third-order valence-corrected chi connectivity index (χ3v) is 5.16. The second kappa shape index (κ2) is 5.15. The Morgan fingerprint density at radius 1 is 1.48 bits per heavy atom. The first-order valence-corrected chi connectivity index (χ1v) is 7.93. The summed E-state index contributed by atoms with van der Waals surface area (Å²) in [4.78, 5) is 17.4. The van der Waals surface area contributed by atoms with Crippen LogP contribution in [-0.4, -0.2) is 37.7 Å². The topological polar surface area (TPSA) is 84.4 Å². The monoisotopic (exact) mass is 316 g/mol. The Kier molecular flexibility index (Phi) is 3.50. The number of carboxylic acid groups (broad SMARTS) is 1. The van der Waals surface area contributed by atoms with Crippen molar-refractivity contribution in [3.63, 3.8) is 0 Å². The molecule has 0 bridgehead atoms. The van der Waals surface area contributed by atoms with Crippen LogP contribution in [0.25, 0.3) is 11.0 Å². The van der Waals surface area contributed by atoms with Gasteiger partial charge >= 0.3 is 6.09 Å². The average Bonchev–Trinajstić information content (AvgIpc) is 2.79. The van der Waals surface area contributed by atoms with Crippen molar-refractivity contribution < 1.29 is 9.90 Å². The molecule has 2 aromatic heterocycles. The highest BCUT2D eigenvalue weighted by Crippen LogP contribution is 2.41. The van der Waals surface area contributed by atoms with E-state index in [2.05, 4.69) is 11.2 Å². The summed E-state index contributed by atoms with van der Waals surface area (Å²) in [6, 6.07) is 0. The van der Waals surface area contributed by atoms with Crippen LogP contribution in [0.15, 0.2) is 12.4 Å². The summed E-state index contributed by atoms with van der Waals surface area (Å²) in [5.74, 6) is 0.312. The molecule has 3 N–H and O–H groups in total. The number of aryl methyl sites for hydroxylation is 2. The van der Waals surface area contributed by atoms with Crippen molar-refractivity contribution in [2.75, 3.05) is 12.3 Å². The van der Waals surface area contributed by atoms with E-state index in [-0.39, 0.29) is 5.54 Å². The standard InChI is InChI=1S/C17H24N4O2/c1-10-13(18)8-19-15-14(10)12(9-20(15)4)11-5-6-21(16(22)23)17(2,3)7-11/h8-9,11H,5-7,18H2,1-4H3,(H,22,23). The summed E-state index contributed by atoms with van der Waals surface area (Å²) in [7, 11) is 1.99. The Morgan fingerprint density at radius 3 is 2.78 bits per heavy atom. The van der Waals surface area contributed by atoms with E-state index in [1.54, 1.807) is 11.1 Å². The molecule has 1 amide bonds. The number of pyridine rings is 1. The fourth-order valence-electron chi connectivity index (χ4n) is 3.88. The van der Waals surface area contributed by atoms with E-state index in [9.17, 15) is 9.90 Å². The van der Waals surface area contributed by atoms with Crippen LogP contribution in [0.3, 0.4) is 0 Å². The van der Waals surface area contributed by atoms with Gasteiger partial charge in [-0.05, 0) is 50.7 Å². The van der Waals surface area contributed by atoms with Crippen molar-refractivity contribution in [3.8, 4) is 0 Å². The summed E-state index contributed by atoms with van der Waals surface area (Å²) in [5, 5.41) is 10.5. The maximum atomic E-state index is 11.4. The van der Waals surface area contributed by atoms with E-state index < -0.39 is 6.09 Å². The second-order valence-electron chi connectivity index (χ2n) is 7.17. The van der Waals surface area contributed by atoms with E-state index in [0.717, 1.165) is 29.4 Å². The van der Waals surface area contributed by atoms with Gasteiger partial charge in [-0.2, -0.15) is 0 Å². The van der Waals surface area contributed by atoms with Crippen LogP contribution < -0.4 is 5.73 Å². The number of fused-ring (bicyclic) bond motifs is 1. The number of nitrogens with two attached hydrogens (primary N) is 1. The molecule has 1 saturated heterocycles. The number of hydrogen-bond donors (Lipinski definition) is 2. The molecule has 0 aliphatic carbocycles. The minimum Gasteiger partial charge on any atom is -0.465 e. The van der Waals surface area contributed by atoms with Gasteiger partial charge in [0.25, 0.3) is 0 Å². The molecular formula is C17H24N4O2. The summed E-state index contributed by atoms with van der Waals surface area (Å²) >= 11 is 0. The third kappa shape index (κ3) is 2.42. The van der Waals surface area contributed by atoms with Crippen LogP contribution in [0.2, 0.25) is 0 Å². The predicted molar refractivity (Wildman–Crippen MR) is 90.6 cm³/mol. The SMILES string of the molecule is Cc1c(N)cnc2c1c(C1CCN(C(=O)O)C(C)(C)C1)cn2C. The number of amides is 1. The molecule has 3 rings (SSSR count). The van der Waals surface area contributed by atoms with Gasteiger partial charge in [0.05, 0.1) is 11.9 Å². The van der Waals surface area contributed by atoms with Gasteiger partial charge in [0.1, 0.15) is 5.65 Å². The highest BCUT2D eigenvalue weighted by atomic mass is 16.4. The lowest BCUT2D eigenvalue weighted by Crippen LogP contribution is -2.51. The molecule has 1 aliphatic rings. The van der Waals surface area contributed by atoms with Gasteiger partial charge in [0.15, 0.2) is 0 Å². The molecule has 0 spiro atoms. The smallest absolute Gasteiger partial charge is 0.407 e. The molecule has 1 fully saturated rings. The van der Waals surface area contributed by atoms with Crippen LogP contribution in [-0.2, 0) is 7.05 Å². The lowest BCUT2D eigenvalue weighted by atomic mass is 9.79. The second-order valence-corrected chi connectivity index (χ2v) is 7.17. The Hall–Kier alpha value is -2.24. The number of aromatic nitrogens is 2. The Morgan fingerprint density at radius 2 is 2.17 bits per heavy atom. The summed E-state index contributed by atoms with van der Waals surface area (Å²) in [6.07, 6.45) is 4.61. The van der Waals surface area contributed by atoms with Crippen molar-refractivity contribution in [1.82, 2.24) is 14.5 Å². The van der Waals surface area contributed by atoms with E-state index in [1.807, 2.05) is 32.4 Å². The fraction of sp³-hybridized carbons (Fsp3) is 0.529. The fourth-order valence-corrected chi connectivity index (χ4v) is 3.88. The van der Waals surface area contributed by atoms with Gasteiger partial charge in [-0.1, -0.05) is 0 Å². The highest BCUT2D eigenvalue weighted by molar-refractivity contribution is 5.88. The maximum Gasteiger partial charge on any atom is 0.407 e. The highest BCUT2D eigenvalue weighted by Gasteiger charge is 2.39. The van der Waals surface area contributed by atoms with E-state index in [1.165, 1.54) is 5.56 Å². The molecule has 1 aliphatic heterocycles. The van der Waals surface area contributed by atoms with Gasteiger partial charge in [-0.25, -0.2) is 9.78 Å². The van der Waals surface area contributed by atoms with Crippen LogP contribution in [0.4, 0.5) is 10.5 Å². The lowest BCUT2D eigenvalue weighted by molar-refractivity contribution is 0.0608. The molecule has 0 saturated carbocycles. The van der Waals surface area contributed by atoms with E-state index in [4.69, 9.17) is 5.73 Å². The van der Waals surface area contributed by atoms with Crippen LogP contribution in [0.5, 0.6) is 0 Å². The van der Waals surface area contributed by atoms with Gasteiger partial charge in [0.2, 0.25) is 0 Å². The van der Waals surface area contributed by atoms with Crippen LogP contribution in [0.1, 0.15) is 43.7 Å². The van der Waals surface area contributed by atoms with Gasteiger partial charge < -0.3 is 20.3 Å². The number of nitrogens with zero attached hydrogens (tertiary/aromatic N) is 3. The summed E-state index contributed by atoms with van der Waals surface area (Å²) in [5.41, 5.74) is 9.60. The zero-order valence-electron chi connectivity index (χ0n) is 14.1. The molecule has 3 heterocycles. The Balaban J connectivity index is 2.05. The summed E-state index contributed by atoms with van der Waals surface area (Å²) < 4.78 is 2.04. The van der Waals surface area contributed by atoms with Crippen LogP contribution >= 0.6 is 0 Å². The number of piperidine rings is 1. The maximum absolute atomic E-state index is 11.4. The van der Waals surface area contributed by atoms with E-state index >= 15 is 0 Å². The van der Waals surface area contributed by atoms with E-state index in [0.29, 0.717) is 18.2 Å². The number of hydrogen-bond acceptors (Lipinski definition) is 3. The van der Waals surface area contributed by atoms with Crippen molar-refractivity contribution >= 4 is 22.8 Å². The Labute approximate surface area is 135 Å². The molecule has 0 aromatic carbocycles. The number of carbonyl (C=O) groups is 1. The van der Waals surface area contributed by atoms with Gasteiger partial charge in [-0.3, -0.25) is 0 Å². The molecule has 0 radical (unpaired) electrons. The largest absolute Gasteiger partial charge is 0.465 e. The molecule has 6 heteroatoms. The van der Waals surface area contributed by atoms with Crippen LogP contribution in [0, 0.1) is 6.92 Å². The molecular weight excluding hydrogens is 292 g/mol. The molecule has 2 aromatic rings. The number of anilines is 1. The number of likely N-dealkylation sites (tertiary alicyclic amines) is 1. The number of nitrogen functional groups attached to an aromatic ring is 1. The number of rotatable bonds is 1. The van der Waals surface area contributed by atoms with Crippen molar-refractivity contribution in [1.29, 1.82) is 0 Å². The molecule has 124 valence electrons. The molecule has 6 nitrogen and oxygen atoms in total. The molecule has 1 atom stereocenters.